The fourth-order valence-electron chi connectivity index (χ4n) is 1.33. The summed E-state index contributed by atoms with van der Waals surface area (Å²) in [5.41, 5.74) is 0.199. The van der Waals surface area contributed by atoms with E-state index in [1.807, 2.05) is 19.2 Å². The van der Waals surface area contributed by atoms with E-state index in [-0.39, 0.29) is 16.6 Å². The largest absolute Gasteiger partial charge is 0.244 e. The Morgan fingerprint density at radius 1 is 1.56 bits per heavy atom. The van der Waals surface area contributed by atoms with Crippen LogP contribution in [0.4, 0.5) is 0 Å². The molecule has 0 bridgehead atoms. The van der Waals surface area contributed by atoms with Crippen molar-refractivity contribution in [3.05, 3.63) is 24.0 Å². The SMILES string of the molecule is CCC(CSC)NS(=O)(=O)c1ccc(C#N)nc1. The molecule has 0 radical (unpaired) electrons. The van der Waals surface area contributed by atoms with Crippen LogP contribution in [-0.2, 0) is 10.0 Å². The maximum Gasteiger partial charge on any atom is 0.242 e. The number of nitrogens with one attached hydrogen (secondary N) is 1. The van der Waals surface area contributed by atoms with Gasteiger partial charge in [-0.2, -0.15) is 17.0 Å². The lowest BCUT2D eigenvalue weighted by molar-refractivity contribution is 0.558. The predicted octanol–water partition coefficient (Wildman–Crippen LogP) is 1.37. The Labute approximate surface area is 112 Å². The Bertz CT molecular complexity index is 520. The van der Waals surface area contributed by atoms with Crippen LogP contribution in [0.1, 0.15) is 19.0 Å². The molecule has 18 heavy (non-hydrogen) atoms. The van der Waals surface area contributed by atoms with Gasteiger partial charge in [0.2, 0.25) is 10.0 Å². The van der Waals surface area contributed by atoms with Crippen molar-refractivity contribution in [2.45, 2.75) is 24.3 Å². The molecular formula is C11H15N3O2S2. The summed E-state index contributed by atoms with van der Waals surface area (Å²) < 4.78 is 26.7. The summed E-state index contributed by atoms with van der Waals surface area (Å²) in [6.07, 6.45) is 3.86. The van der Waals surface area contributed by atoms with E-state index in [0.717, 1.165) is 12.2 Å². The number of aromatic nitrogens is 1. The molecule has 1 rings (SSSR count). The molecule has 0 fully saturated rings. The second kappa shape index (κ2) is 6.73. The zero-order valence-electron chi connectivity index (χ0n) is 10.3. The van der Waals surface area contributed by atoms with Crippen LogP contribution in [0, 0.1) is 11.3 Å². The van der Waals surface area contributed by atoms with E-state index in [9.17, 15) is 8.42 Å². The normalized spacial score (nSPS) is 12.9. The van der Waals surface area contributed by atoms with Crippen molar-refractivity contribution in [3.8, 4) is 6.07 Å². The van der Waals surface area contributed by atoms with Gasteiger partial charge in [0, 0.05) is 18.0 Å². The van der Waals surface area contributed by atoms with Crippen molar-refractivity contribution in [1.82, 2.24) is 9.71 Å². The highest BCUT2D eigenvalue weighted by Crippen LogP contribution is 2.10. The summed E-state index contributed by atoms with van der Waals surface area (Å²) >= 11 is 1.59. The first kappa shape index (κ1) is 15.0. The van der Waals surface area contributed by atoms with Crippen LogP contribution >= 0.6 is 11.8 Å². The molecule has 0 aliphatic carbocycles. The van der Waals surface area contributed by atoms with Crippen molar-refractivity contribution in [1.29, 1.82) is 5.26 Å². The van der Waals surface area contributed by atoms with Crippen LogP contribution in [0.2, 0.25) is 0 Å². The minimum Gasteiger partial charge on any atom is -0.244 e. The van der Waals surface area contributed by atoms with Gasteiger partial charge < -0.3 is 0 Å². The van der Waals surface area contributed by atoms with Crippen LogP contribution in [0.25, 0.3) is 0 Å². The van der Waals surface area contributed by atoms with Crippen LogP contribution in [0.5, 0.6) is 0 Å². The monoisotopic (exact) mass is 285 g/mol. The first-order valence-corrected chi connectivity index (χ1v) is 8.28. The van der Waals surface area contributed by atoms with Crippen LogP contribution in [0.15, 0.2) is 23.2 Å². The predicted molar refractivity (Wildman–Crippen MR) is 71.7 cm³/mol. The van der Waals surface area contributed by atoms with Gasteiger partial charge in [0.25, 0.3) is 0 Å². The molecule has 0 saturated carbocycles. The Kier molecular flexibility index (Phi) is 5.59. The fourth-order valence-corrected chi connectivity index (χ4v) is 3.42. The number of rotatable bonds is 6. The highest BCUT2D eigenvalue weighted by molar-refractivity contribution is 7.98. The molecule has 0 saturated heterocycles. The Morgan fingerprint density at radius 2 is 2.28 bits per heavy atom. The average Bonchev–Trinajstić information content (AvgIpc) is 2.38. The van der Waals surface area contributed by atoms with Crippen molar-refractivity contribution in [3.63, 3.8) is 0 Å². The van der Waals surface area contributed by atoms with Gasteiger partial charge in [-0.15, -0.1) is 0 Å². The summed E-state index contributed by atoms with van der Waals surface area (Å²) in [6, 6.07) is 4.53. The van der Waals surface area contributed by atoms with Crippen molar-refractivity contribution in [2.24, 2.45) is 0 Å². The van der Waals surface area contributed by atoms with Crippen LogP contribution in [0.3, 0.4) is 0 Å². The van der Waals surface area contributed by atoms with E-state index < -0.39 is 10.0 Å². The number of thioether (sulfide) groups is 1. The maximum absolute atomic E-state index is 12.0. The topological polar surface area (TPSA) is 82.9 Å². The number of nitrogens with zero attached hydrogens (tertiary/aromatic N) is 2. The molecule has 0 aromatic carbocycles. The minimum atomic E-state index is -3.55. The molecular weight excluding hydrogens is 270 g/mol. The van der Waals surface area contributed by atoms with E-state index in [2.05, 4.69) is 9.71 Å². The quantitative estimate of drug-likeness (QED) is 0.853. The molecule has 0 aliphatic rings. The molecule has 1 N–H and O–H groups in total. The number of hydrogen-bond acceptors (Lipinski definition) is 5. The minimum absolute atomic E-state index is 0.0843. The molecule has 7 heteroatoms. The highest BCUT2D eigenvalue weighted by atomic mass is 32.2. The molecule has 5 nitrogen and oxygen atoms in total. The lowest BCUT2D eigenvalue weighted by atomic mass is 10.3. The van der Waals surface area contributed by atoms with Gasteiger partial charge in [-0.3, -0.25) is 0 Å². The lowest BCUT2D eigenvalue weighted by Crippen LogP contribution is -2.36. The first-order chi connectivity index (χ1) is 8.53. The summed E-state index contributed by atoms with van der Waals surface area (Å²) in [7, 11) is -3.55. The molecule has 1 unspecified atom stereocenters. The second-order valence-corrected chi connectivity index (χ2v) is 6.30. The smallest absolute Gasteiger partial charge is 0.242 e. The second-order valence-electron chi connectivity index (χ2n) is 3.67. The standard InChI is InChI=1S/C11H15N3O2S2/c1-3-9(8-17-2)14-18(15,16)11-5-4-10(6-12)13-7-11/h4-5,7,9,14H,3,8H2,1-2H3. The molecule has 1 aromatic rings. The van der Waals surface area contributed by atoms with E-state index in [1.165, 1.54) is 18.3 Å². The molecule has 1 aromatic heterocycles. The highest BCUT2D eigenvalue weighted by Gasteiger charge is 2.18. The maximum atomic E-state index is 12.0. The summed E-state index contributed by atoms with van der Waals surface area (Å²) in [5, 5.41) is 8.60. The zero-order valence-corrected chi connectivity index (χ0v) is 11.9. The van der Waals surface area contributed by atoms with E-state index in [1.54, 1.807) is 11.8 Å². The first-order valence-electron chi connectivity index (χ1n) is 5.41. The summed E-state index contributed by atoms with van der Waals surface area (Å²) in [6.45, 7) is 1.93. The Morgan fingerprint density at radius 3 is 2.72 bits per heavy atom. The van der Waals surface area contributed by atoms with E-state index in [4.69, 9.17) is 5.26 Å². The molecule has 1 heterocycles. The number of hydrogen-bond donors (Lipinski definition) is 1. The molecule has 0 spiro atoms. The third-order valence-corrected chi connectivity index (χ3v) is 4.59. The molecule has 0 amide bonds. The van der Waals surface area contributed by atoms with Gasteiger partial charge in [0.1, 0.15) is 16.7 Å². The Balaban J connectivity index is 2.88. The van der Waals surface area contributed by atoms with Crippen LogP contribution in [-0.4, -0.2) is 31.5 Å². The van der Waals surface area contributed by atoms with Crippen molar-refractivity contribution >= 4 is 21.8 Å². The fraction of sp³-hybridized carbons (Fsp3) is 0.455. The van der Waals surface area contributed by atoms with E-state index >= 15 is 0 Å². The van der Waals surface area contributed by atoms with Gasteiger partial charge in [-0.25, -0.2) is 18.1 Å². The number of pyridine rings is 1. The lowest BCUT2D eigenvalue weighted by Gasteiger charge is -2.15. The third kappa shape index (κ3) is 3.98. The Hall–Kier alpha value is -1.10. The number of sulfonamides is 1. The summed E-state index contributed by atoms with van der Waals surface area (Å²) in [5.74, 6) is 0.722. The van der Waals surface area contributed by atoms with Gasteiger partial charge in [-0.1, -0.05) is 6.92 Å². The molecule has 0 aliphatic heterocycles. The van der Waals surface area contributed by atoms with E-state index in [0.29, 0.717) is 0 Å². The molecule has 1 atom stereocenters. The number of nitriles is 1. The summed E-state index contributed by atoms with van der Waals surface area (Å²) in [4.78, 5) is 3.84. The third-order valence-electron chi connectivity index (χ3n) is 2.34. The van der Waals surface area contributed by atoms with Crippen molar-refractivity contribution < 1.29 is 8.42 Å². The van der Waals surface area contributed by atoms with Crippen molar-refractivity contribution in [2.75, 3.05) is 12.0 Å². The average molecular weight is 285 g/mol. The van der Waals surface area contributed by atoms with Gasteiger partial charge in [0.15, 0.2) is 0 Å². The zero-order chi connectivity index (χ0) is 13.6. The van der Waals surface area contributed by atoms with Gasteiger partial charge in [0.05, 0.1) is 0 Å². The molecule has 98 valence electrons. The van der Waals surface area contributed by atoms with Gasteiger partial charge in [-0.05, 0) is 24.8 Å². The van der Waals surface area contributed by atoms with Gasteiger partial charge >= 0.3 is 0 Å². The van der Waals surface area contributed by atoms with Crippen LogP contribution < -0.4 is 4.72 Å².